The molecule has 0 saturated carbocycles. The van der Waals surface area contributed by atoms with Crippen LogP contribution in [0.5, 0.6) is 0 Å². The lowest BCUT2D eigenvalue weighted by molar-refractivity contribution is -0.166. The first-order valence-electron chi connectivity index (χ1n) is 5.96. The lowest BCUT2D eigenvalue weighted by Gasteiger charge is -2.29. The van der Waals surface area contributed by atoms with Crippen LogP contribution in [0.1, 0.15) is 5.56 Å². The number of carbonyl (C=O) groups is 1. The van der Waals surface area contributed by atoms with E-state index in [1.807, 2.05) is 30.3 Å². The molecule has 1 heterocycles. The van der Waals surface area contributed by atoms with E-state index >= 15 is 0 Å². The molecule has 19 heavy (non-hydrogen) atoms. The van der Waals surface area contributed by atoms with Gasteiger partial charge in [0, 0.05) is 0 Å². The van der Waals surface area contributed by atoms with E-state index < -0.39 is 24.3 Å². The summed E-state index contributed by atoms with van der Waals surface area (Å²) < 4.78 is 15.2. The van der Waals surface area contributed by atoms with Crippen LogP contribution in [0.25, 0.3) is 0 Å². The van der Waals surface area contributed by atoms with Gasteiger partial charge in [-0.3, -0.25) is 0 Å². The molecule has 102 valence electrons. The molecule has 1 aliphatic rings. The van der Waals surface area contributed by atoms with Crippen LogP contribution in [-0.2, 0) is 25.6 Å². The normalized spacial score (nSPS) is 25.7. The summed E-state index contributed by atoms with van der Waals surface area (Å²) in [7, 11) is 1.25. The molecule has 0 aromatic heterocycles. The Balaban J connectivity index is 1.95. The number of ether oxygens (including phenoxy) is 3. The molecule has 0 fully saturated rings. The van der Waals surface area contributed by atoms with Crippen molar-refractivity contribution in [1.82, 2.24) is 0 Å². The first kappa shape index (κ1) is 13.6. The molecule has 0 spiro atoms. The first-order chi connectivity index (χ1) is 9.22. The van der Waals surface area contributed by atoms with Crippen molar-refractivity contribution < 1.29 is 24.1 Å². The number of hydrogen-bond donors (Lipinski definition) is 1. The SMILES string of the molecule is COC(=O)[C@H]1OC=C[C@@H](OCc2ccccc2)[C@@H]1O. The second kappa shape index (κ2) is 6.36. The fraction of sp³-hybridized carbons (Fsp3) is 0.357. The van der Waals surface area contributed by atoms with Crippen LogP contribution in [0, 0.1) is 0 Å². The van der Waals surface area contributed by atoms with Crippen molar-refractivity contribution in [2.24, 2.45) is 0 Å². The minimum atomic E-state index is -1.08. The highest BCUT2D eigenvalue weighted by atomic mass is 16.6. The van der Waals surface area contributed by atoms with Gasteiger partial charge in [-0.1, -0.05) is 30.3 Å². The van der Waals surface area contributed by atoms with Crippen molar-refractivity contribution in [1.29, 1.82) is 0 Å². The van der Waals surface area contributed by atoms with Gasteiger partial charge in [0.1, 0.15) is 12.2 Å². The molecular formula is C14H16O5. The molecular weight excluding hydrogens is 248 g/mol. The number of benzene rings is 1. The summed E-state index contributed by atoms with van der Waals surface area (Å²) in [4.78, 5) is 11.4. The van der Waals surface area contributed by atoms with Gasteiger partial charge in [-0.15, -0.1) is 0 Å². The molecule has 0 amide bonds. The van der Waals surface area contributed by atoms with E-state index in [4.69, 9.17) is 9.47 Å². The third kappa shape index (κ3) is 3.33. The van der Waals surface area contributed by atoms with E-state index in [9.17, 15) is 9.90 Å². The van der Waals surface area contributed by atoms with E-state index in [0.717, 1.165) is 5.56 Å². The summed E-state index contributed by atoms with van der Waals surface area (Å²) in [6.45, 7) is 0.348. The quantitative estimate of drug-likeness (QED) is 0.822. The van der Waals surface area contributed by atoms with E-state index in [2.05, 4.69) is 4.74 Å². The van der Waals surface area contributed by atoms with Crippen LogP contribution in [0.15, 0.2) is 42.7 Å². The average Bonchev–Trinajstić information content (AvgIpc) is 2.46. The zero-order valence-electron chi connectivity index (χ0n) is 10.6. The zero-order valence-corrected chi connectivity index (χ0v) is 10.6. The van der Waals surface area contributed by atoms with Gasteiger partial charge in [0.05, 0.1) is 20.0 Å². The van der Waals surface area contributed by atoms with Gasteiger partial charge in [0.15, 0.2) is 0 Å². The molecule has 0 bridgehead atoms. The maximum atomic E-state index is 11.4. The Kier molecular flexibility index (Phi) is 4.54. The number of carbonyl (C=O) groups excluding carboxylic acids is 1. The van der Waals surface area contributed by atoms with Gasteiger partial charge in [0.2, 0.25) is 6.10 Å². The van der Waals surface area contributed by atoms with Crippen molar-refractivity contribution in [3.8, 4) is 0 Å². The predicted octanol–water partition coefficient (Wildman–Crippen LogP) is 1.02. The Morgan fingerprint density at radius 1 is 1.37 bits per heavy atom. The van der Waals surface area contributed by atoms with Gasteiger partial charge >= 0.3 is 5.97 Å². The summed E-state index contributed by atoms with van der Waals surface area (Å²) in [6, 6.07) is 9.58. The summed E-state index contributed by atoms with van der Waals surface area (Å²) in [5, 5.41) is 10.0. The summed E-state index contributed by atoms with van der Waals surface area (Å²) in [6.07, 6.45) is 0.201. The van der Waals surface area contributed by atoms with E-state index in [-0.39, 0.29) is 0 Å². The number of rotatable bonds is 4. The van der Waals surface area contributed by atoms with E-state index in [1.54, 1.807) is 6.08 Å². The maximum absolute atomic E-state index is 11.4. The molecule has 1 aromatic rings. The van der Waals surface area contributed by atoms with Crippen LogP contribution in [0.4, 0.5) is 0 Å². The zero-order chi connectivity index (χ0) is 13.7. The van der Waals surface area contributed by atoms with Crippen molar-refractivity contribution in [3.63, 3.8) is 0 Å². The van der Waals surface area contributed by atoms with Crippen molar-refractivity contribution in [2.75, 3.05) is 7.11 Å². The van der Waals surface area contributed by atoms with Crippen molar-refractivity contribution >= 4 is 5.97 Å². The molecule has 3 atom stereocenters. The highest BCUT2D eigenvalue weighted by Crippen LogP contribution is 2.18. The standard InChI is InChI=1S/C14H16O5/c1-17-14(16)13-12(15)11(7-8-18-13)19-9-10-5-3-2-4-6-10/h2-8,11-13,15H,9H2,1H3/t11-,12+,13+/m1/s1. The molecule has 0 aliphatic carbocycles. The Labute approximate surface area is 111 Å². The largest absolute Gasteiger partial charge is 0.484 e. The Hall–Kier alpha value is -1.85. The fourth-order valence-electron chi connectivity index (χ4n) is 1.81. The average molecular weight is 264 g/mol. The number of esters is 1. The Bertz CT molecular complexity index is 442. The first-order valence-corrected chi connectivity index (χ1v) is 5.96. The van der Waals surface area contributed by atoms with Crippen LogP contribution < -0.4 is 0 Å². The van der Waals surface area contributed by atoms with Crippen LogP contribution in [0.3, 0.4) is 0 Å². The van der Waals surface area contributed by atoms with E-state index in [1.165, 1.54) is 13.4 Å². The molecule has 5 nitrogen and oxygen atoms in total. The van der Waals surface area contributed by atoms with Gasteiger partial charge in [0.25, 0.3) is 0 Å². The van der Waals surface area contributed by atoms with Gasteiger partial charge in [-0.25, -0.2) is 4.79 Å². The van der Waals surface area contributed by atoms with E-state index in [0.29, 0.717) is 6.61 Å². The lowest BCUT2D eigenvalue weighted by Crippen LogP contribution is -2.46. The summed E-state index contributed by atoms with van der Waals surface area (Å²) in [5.41, 5.74) is 0.990. The van der Waals surface area contributed by atoms with Crippen LogP contribution in [0.2, 0.25) is 0 Å². The number of methoxy groups -OCH3 is 1. The highest BCUT2D eigenvalue weighted by molar-refractivity contribution is 5.75. The Morgan fingerprint density at radius 2 is 2.11 bits per heavy atom. The van der Waals surface area contributed by atoms with Gasteiger partial charge in [-0.2, -0.15) is 0 Å². The maximum Gasteiger partial charge on any atom is 0.349 e. The molecule has 0 unspecified atom stereocenters. The molecule has 1 aliphatic heterocycles. The molecule has 1 N–H and O–H groups in total. The second-order valence-corrected chi connectivity index (χ2v) is 4.16. The number of hydrogen-bond acceptors (Lipinski definition) is 5. The molecule has 1 aromatic carbocycles. The number of aliphatic hydroxyl groups is 1. The second-order valence-electron chi connectivity index (χ2n) is 4.16. The highest BCUT2D eigenvalue weighted by Gasteiger charge is 2.37. The third-order valence-electron chi connectivity index (χ3n) is 2.86. The topological polar surface area (TPSA) is 65.0 Å². The molecule has 0 saturated heterocycles. The van der Waals surface area contributed by atoms with Crippen LogP contribution >= 0.6 is 0 Å². The minimum absolute atomic E-state index is 0.348. The summed E-state index contributed by atoms with van der Waals surface area (Å²) >= 11 is 0. The lowest BCUT2D eigenvalue weighted by atomic mass is 10.1. The van der Waals surface area contributed by atoms with Gasteiger partial charge < -0.3 is 19.3 Å². The molecule has 5 heteroatoms. The molecule has 0 radical (unpaired) electrons. The predicted molar refractivity (Wildman–Crippen MR) is 67.1 cm³/mol. The number of aliphatic hydroxyl groups excluding tert-OH is 1. The Morgan fingerprint density at radius 3 is 2.79 bits per heavy atom. The van der Waals surface area contributed by atoms with Gasteiger partial charge in [-0.05, 0) is 11.6 Å². The van der Waals surface area contributed by atoms with Crippen LogP contribution in [-0.4, -0.2) is 36.5 Å². The fourth-order valence-corrected chi connectivity index (χ4v) is 1.81. The minimum Gasteiger partial charge on any atom is -0.484 e. The van der Waals surface area contributed by atoms with Crippen molar-refractivity contribution in [2.45, 2.75) is 24.9 Å². The molecule has 2 rings (SSSR count). The third-order valence-corrected chi connectivity index (χ3v) is 2.86. The monoisotopic (exact) mass is 264 g/mol. The summed E-state index contributed by atoms with van der Waals surface area (Å²) in [5.74, 6) is -0.620. The van der Waals surface area contributed by atoms with Crippen molar-refractivity contribution in [3.05, 3.63) is 48.2 Å². The smallest absolute Gasteiger partial charge is 0.349 e.